The number of anilines is 1. The molecular formula is C14H15N3O. The van der Waals surface area contributed by atoms with Crippen molar-refractivity contribution in [1.29, 1.82) is 0 Å². The van der Waals surface area contributed by atoms with Gasteiger partial charge in [-0.3, -0.25) is 0 Å². The van der Waals surface area contributed by atoms with Crippen LogP contribution in [0, 0.1) is 0 Å². The Kier molecular flexibility index (Phi) is 3.94. The predicted molar refractivity (Wildman–Crippen MR) is 71.8 cm³/mol. The lowest BCUT2D eigenvalue weighted by atomic mass is 10.2. The minimum atomic E-state index is -0.329. The number of carbonyl (C=O) groups excluding carboxylic acids is 1. The number of benzene rings is 2. The number of hydrogen-bond donors (Lipinski definition) is 2. The van der Waals surface area contributed by atoms with Crippen LogP contribution in [0.1, 0.15) is 5.56 Å². The molecule has 0 aromatic heterocycles. The first-order valence-corrected chi connectivity index (χ1v) is 5.69. The van der Waals surface area contributed by atoms with Crippen LogP contribution >= 0.6 is 0 Å². The molecule has 0 saturated carbocycles. The largest absolute Gasteiger partial charge is 0.336 e. The van der Waals surface area contributed by atoms with Crippen molar-refractivity contribution in [3.05, 3.63) is 66.2 Å². The van der Waals surface area contributed by atoms with E-state index in [1.165, 1.54) is 0 Å². The number of para-hydroxylation sites is 1. The SMILES string of the molecule is NN(C(=O)NCc1ccccc1)c1ccccc1. The zero-order valence-electron chi connectivity index (χ0n) is 9.91. The summed E-state index contributed by atoms with van der Waals surface area (Å²) in [5.41, 5.74) is 1.69. The van der Waals surface area contributed by atoms with Gasteiger partial charge < -0.3 is 5.32 Å². The number of nitrogens with one attached hydrogen (secondary N) is 1. The molecule has 0 spiro atoms. The molecule has 0 aliphatic carbocycles. The van der Waals surface area contributed by atoms with E-state index in [9.17, 15) is 4.79 Å². The van der Waals surface area contributed by atoms with Crippen LogP contribution in [-0.4, -0.2) is 6.03 Å². The van der Waals surface area contributed by atoms with Crippen molar-refractivity contribution in [2.45, 2.75) is 6.54 Å². The lowest BCUT2D eigenvalue weighted by Gasteiger charge is -2.17. The van der Waals surface area contributed by atoms with E-state index in [0.717, 1.165) is 10.6 Å². The smallest absolute Gasteiger partial charge is 0.332 e. The summed E-state index contributed by atoms with van der Waals surface area (Å²) in [5.74, 6) is 5.72. The maximum Gasteiger partial charge on any atom is 0.336 e. The average Bonchev–Trinajstić information content (AvgIpc) is 2.46. The Balaban J connectivity index is 1.93. The van der Waals surface area contributed by atoms with E-state index in [1.54, 1.807) is 12.1 Å². The van der Waals surface area contributed by atoms with Gasteiger partial charge in [-0.15, -0.1) is 0 Å². The third-order valence-electron chi connectivity index (χ3n) is 2.54. The van der Waals surface area contributed by atoms with Crippen LogP contribution in [0.4, 0.5) is 10.5 Å². The fraction of sp³-hybridized carbons (Fsp3) is 0.0714. The highest BCUT2D eigenvalue weighted by atomic mass is 16.2. The predicted octanol–water partition coefficient (Wildman–Crippen LogP) is 2.28. The molecule has 2 amide bonds. The van der Waals surface area contributed by atoms with E-state index in [4.69, 9.17) is 5.84 Å². The van der Waals surface area contributed by atoms with Crippen LogP contribution in [0.2, 0.25) is 0 Å². The summed E-state index contributed by atoms with van der Waals surface area (Å²) in [5, 5.41) is 3.86. The number of hydrogen-bond acceptors (Lipinski definition) is 2. The second-order valence-corrected chi connectivity index (χ2v) is 3.85. The zero-order chi connectivity index (χ0) is 12.8. The minimum absolute atomic E-state index is 0.329. The second kappa shape index (κ2) is 5.84. The summed E-state index contributed by atoms with van der Waals surface area (Å²) in [7, 11) is 0. The highest BCUT2D eigenvalue weighted by molar-refractivity contribution is 5.90. The van der Waals surface area contributed by atoms with E-state index in [1.807, 2.05) is 48.5 Å². The highest BCUT2D eigenvalue weighted by Gasteiger charge is 2.10. The van der Waals surface area contributed by atoms with Crippen LogP contribution in [-0.2, 0) is 6.54 Å². The highest BCUT2D eigenvalue weighted by Crippen LogP contribution is 2.09. The molecule has 0 atom stereocenters. The molecule has 0 unspecified atom stereocenters. The van der Waals surface area contributed by atoms with Gasteiger partial charge in [-0.05, 0) is 17.7 Å². The molecule has 2 rings (SSSR count). The van der Waals surface area contributed by atoms with Gasteiger partial charge in [0.1, 0.15) is 0 Å². The summed E-state index contributed by atoms with van der Waals surface area (Å²) < 4.78 is 0. The molecule has 0 aliphatic rings. The van der Waals surface area contributed by atoms with Crippen molar-refractivity contribution in [1.82, 2.24) is 5.32 Å². The van der Waals surface area contributed by atoms with Gasteiger partial charge in [0, 0.05) is 6.54 Å². The van der Waals surface area contributed by atoms with E-state index in [2.05, 4.69) is 5.32 Å². The normalized spacial score (nSPS) is 9.83. The number of hydrazine groups is 1. The Morgan fingerprint density at radius 1 is 1.00 bits per heavy atom. The molecule has 0 radical (unpaired) electrons. The lowest BCUT2D eigenvalue weighted by molar-refractivity contribution is 0.246. The molecule has 4 nitrogen and oxygen atoms in total. The summed E-state index contributed by atoms with van der Waals surface area (Å²) in [6.45, 7) is 0.459. The molecular weight excluding hydrogens is 226 g/mol. The summed E-state index contributed by atoms with van der Waals surface area (Å²) in [6.07, 6.45) is 0. The molecule has 2 aromatic carbocycles. The number of amides is 2. The fourth-order valence-electron chi connectivity index (χ4n) is 1.56. The van der Waals surface area contributed by atoms with Crippen molar-refractivity contribution >= 4 is 11.7 Å². The molecule has 18 heavy (non-hydrogen) atoms. The quantitative estimate of drug-likeness (QED) is 0.492. The Morgan fingerprint density at radius 2 is 1.56 bits per heavy atom. The third-order valence-corrected chi connectivity index (χ3v) is 2.54. The summed E-state index contributed by atoms with van der Waals surface area (Å²) in [4.78, 5) is 11.8. The molecule has 4 heteroatoms. The molecule has 0 heterocycles. The molecule has 0 saturated heterocycles. The van der Waals surface area contributed by atoms with E-state index in [-0.39, 0.29) is 6.03 Å². The number of nitrogens with two attached hydrogens (primary N) is 1. The van der Waals surface area contributed by atoms with Gasteiger partial charge in [-0.2, -0.15) is 0 Å². The van der Waals surface area contributed by atoms with Crippen LogP contribution in [0.5, 0.6) is 0 Å². The summed E-state index contributed by atoms with van der Waals surface area (Å²) >= 11 is 0. The maximum absolute atomic E-state index is 11.8. The van der Waals surface area contributed by atoms with Crippen LogP contribution in [0.15, 0.2) is 60.7 Å². The van der Waals surface area contributed by atoms with Gasteiger partial charge in [0.2, 0.25) is 0 Å². The topological polar surface area (TPSA) is 58.4 Å². The fourth-order valence-corrected chi connectivity index (χ4v) is 1.56. The van der Waals surface area contributed by atoms with Crippen molar-refractivity contribution in [2.75, 3.05) is 5.01 Å². The van der Waals surface area contributed by atoms with Crippen LogP contribution in [0.3, 0.4) is 0 Å². The second-order valence-electron chi connectivity index (χ2n) is 3.85. The molecule has 92 valence electrons. The van der Waals surface area contributed by atoms with Gasteiger partial charge in [0.05, 0.1) is 5.69 Å². The standard InChI is InChI=1S/C14H15N3O/c15-17(13-9-5-2-6-10-13)14(18)16-11-12-7-3-1-4-8-12/h1-10H,11,15H2,(H,16,18). The lowest BCUT2D eigenvalue weighted by Crippen LogP contribution is -2.44. The first kappa shape index (κ1) is 12.1. The Morgan fingerprint density at radius 3 is 2.17 bits per heavy atom. The van der Waals surface area contributed by atoms with Gasteiger partial charge in [-0.1, -0.05) is 48.5 Å². The molecule has 0 bridgehead atoms. The van der Waals surface area contributed by atoms with Gasteiger partial charge in [0.15, 0.2) is 0 Å². The van der Waals surface area contributed by atoms with Crippen molar-refractivity contribution < 1.29 is 4.79 Å². The first-order valence-electron chi connectivity index (χ1n) is 5.69. The number of nitrogens with zero attached hydrogens (tertiary/aromatic N) is 1. The van der Waals surface area contributed by atoms with Gasteiger partial charge in [-0.25, -0.2) is 15.6 Å². The van der Waals surface area contributed by atoms with E-state index < -0.39 is 0 Å². The Labute approximate surface area is 106 Å². The number of carbonyl (C=O) groups is 1. The van der Waals surface area contributed by atoms with Crippen molar-refractivity contribution in [3.63, 3.8) is 0 Å². The first-order chi connectivity index (χ1) is 8.77. The Bertz CT molecular complexity index is 499. The van der Waals surface area contributed by atoms with Crippen LogP contribution < -0.4 is 16.2 Å². The molecule has 0 aliphatic heterocycles. The maximum atomic E-state index is 11.8. The molecule has 3 N–H and O–H groups in total. The zero-order valence-corrected chi connectivity index (χ0v) is 9.91. The van der Waals surface area contributed by atoms with Gasteiger partial charge >= 0.3 is 6.03 Å². The van der Waals surface area contributed by atoms with Crippen LogP contribution in [0.25, 0.3) is 0 Å². The monoisotopic (exact) mass is 241 g/mol. The van der Waals surface area contributed by atoms with Gasteiger partial charge in [0.25, 0.3) is 0 Å². The summed E-state index contributed by atoms with van der Waals surface area (Å²) in [6, 6.07) is 18.5. The minimum Gasteiger partial charge on any atom is -0.332 e. The molecule has 2 aromatic rings. The van der Waals surface area contributed by atoms with Crippen molar-refractivity contribution in [3.8, 4) is 0 Å². The Hall–Kier alpha value is -2.33. The number of rotatable bonds is 3. The third kappa shape index (κ3) is 3.09. The van der Waals surface area contributed by atoms with E-state index in [0.29, 0.717) is 12.2 Å². The van der Waals surface area contributed by atoms with E-state index >= 15 is 0 Å². The average molecular weight is 241 g/mol. The van der Waals surface area contributed by atoms with Crippen molar-refractivity contribution in [2.24, 2.45) is 5.84 Å². The molecule has 0 fully saturated rings. The number of urea groups is 1.